The summed E-state index contributed by atoms with van der Waals surface area (Å²) in [7, 11) is 1.60. The number of Topliss-reactive ketones (excluding diaryl/α,β-unsaturated/α-hetero) is 3. The van der Waals surface area contributed by atoms with Crippen LogP contribution in [0.3, 0.4) is 0 Å². The third-order valence-corrected chi connectivity index (χ3v) is 10.4. The summed E-state index contributed by atoms with van der Waals surface area (Å²) in [5.74, 6) is 1.21. The second-order valence-electron chi connectivity index (χ2n) is 12.7. The number of thioether (sulfide) groups is 2. The van der Waals surface area contributed by atoms with E-state index in [-0.39, 0.29) is 17.3 Å². The van der Waals surface area contributed by atoms with Crippen molar-refractivity contribution < 1.29 is 28.6 Å². The molecule has 3 aromatic rings. The average molecular weight is 709 g/mol. The molecule has 266 valence electrons. The van der Waals surface area contributed by atoms with Gasteiger partial charge in [-0.15, -0.1) is 23.5 Å². The minimum absolute atomic E-state index is 0.0765. The lowest BCUT2D eigenvalue weighted by atomic mass is 9.91. The molecule has 0 saturated carbocycles. The predicted molar refractivity (Wildman–Crippen MR) is 201 cm³/mol. The molecular formula is C39H52N2O6S2. The van der Waals surface area contributed by atoms with Crippen LogP contribution in [0.15, 0.2) is 82.6 Å². The molecular weight excluding hydrogens is 657 g/mol. The van der Waals surface area contributed by atoms with Gasteiger partial charge in [0.05, 0.1) is 44.6 Å². The lowest BCUT2D eigenvalue weighted by Crippen LogP contribution is -2.54. The molecule has 0 atom stereocenters. The number of nitrogens with zero attached hydrogens (tertiary/aromatic N) is 2. The van der Waals surface area contributed by atoms with Gasteiger partial charge in [-0.1, -0.05) is 24.3 Å². The van der Waals surface area contributed by atoms with Gasteiger partial charge in [-0.2, -0.15) is 0 Å². The number of hydrogen-bond donors (Lipinski definition) is 0. The van der Waals surface area contributed by atoms with Crippen molar-refractivity contribution in [2.24, 2.45) is 0 Å². The molecule has 3 aromatic carbocycles. The largest absolute Gasteiger partial charge is 0.497 e. The van der Waals surface area contributed by atoms with Crippen LogP contribution in [0.25, 0.3) is 0 Å². The van der Waals surface area contributed by atoms with E-state index >= 15 is 0 Å². The summed E-state index contributed by atoms with van der Waals surface area (Å²) >= 11 is 3.37. The van der Waals surface area contributed by atoms with Crippen LogP contribution < -0.4 is 4.74 Å². The summed E-state index contributed by atoms with van der Waals surface area (Å²) in [6.07, 6.45) is 4.07. The molecule has 5 rings (SSSR count). The Bertz CT molecular complexity index is 1390. The third kappa shape index (κ3) is 11.5. The molecule has 0 aromatic heterocycles. The van der Waals surface area contributed by atoms with Crippen LogP contribution in [0.5, 0.6) is 5.75 Å². The molecule has 0 aliphatic carbocycles. The number of benzene rings is 3. The molecule has 0 amide bonds. The van der Waals surface area contributed by atoms with Gasteiger partial charge in [-0.3, -0.25) is 24.2 Å². The second-order valence-corrected chi connectivity index (χ2v) is 14.5. The molecule has 2 fully saturated rings. The summed E-state index contributed by atoms with van der Waals surface area (Å²) in [5, 5.41) is 0. The lowest BCUT2D eigenvalue weighted by molar-refractivity contribution is -0.00443. The quantitative estimate of drug-likeness (QED) is 0.158. The Labute approximate surface area is 301 Å². The number of hydrogen-bond acceptors (Lipinski definition) is 10. The number of carbonyl (C=O) groups excluding carboxylic acids is 3. The standard InChI is InChI=1S/2C15H21NO2S.C9H10O2/c2*1-15(2,16-8-10-18-11-9-16)14(17)12-4-6-13(19-3)7-5-12;1-7(10)8-3-5-9(11-2)6-4-8/h2*4-7H,8-11H2,1-3H3;3-6H,1-2H3. The first-order chi connectivity index (χ1) is 23.3. The van der Waals surface area contributed by atoms with Crippen LogP contribution in [-0.2, 0) is 9.47 Å². The van der Waals surface area contributed by atoms with Gasteiger partial charge in [-0.05, 0) is 95.7 Å². The van der Waals surface area contributed by atoms with Gasteiger partial charge in [0.15, 0.2) is 17.3 Å². The number of ketones is 3. The van der Waals surface area contributed by atoms with Crippen molar-refractivity contribution in [3.8, 4) is 5.75 Å². The fourth-order valence-electron chi connectivity index (χ4n) is 5.55. The van der Waals surface area contributed by atoms with Gasteiger partial charge in [0, 0.05) is 52.7 Å². The van der Waals surface area contributed by atoms with Crippen molar-refractivity contribution in [1.29, 1.82) is 0 Å². The Balaban J connectivity index is 0.000000207. The van der Waals surface area contributed by atoms with Crippen molar-refractivity contribution >= 4 is 40.9 Å². The highest BCUT2D eigenvalue weighted by atomic mass is 32.2. The Morgan fingerprint density at radius 3 is 1.20 bits per heavy atom. The van der Waals surface area contributed by atoms with Crippen LogP contribution in [0.4, 0.5) is 0 Å². The summed E-state index contributed by atoms with van der Waals surface area (Å²) in [5.41, 5.74) is 1.35. The van der Waals surface area contributed by atoms with E-state index in [1.807, 2.05) is 88.7 Å². The topological polar surface area (TPSA) is 85.4 Å². The Hall–Kier alpha value is -2.99. The van der Waals surface area contributed by atoms with Crippen molar-refractivity contribution in [1.82, 2.24) is 9.80 Å². The highest BCUT2D eigenvalue weighted by Crippen LogP contribution is 2.25. The Morgan fingerprint density at radius 1 is 0.592 bits per heavy atom. The smallest absolute Gasteiger partial charge is 0.182 e. The van der Waals surface area contributed by atoms with E-state index in [1.165, 1.54) is 9.79 Å². The van der Waals surface area contributed by atoms with E-state index in [0.29, 0.717) is 32.0 Å². The molecule has 0 N–H and O–H groups in total. The molecule has 10 heteroatoms. The lowest BCUT2D eigenvalue weighted by Gasteiger charge is -2.39. The Kier molecular flexibility index (Phi) is 16.0. The molecule has 49 heavy (non-hydrogen) atoms. The first-order valence-corrected chi connectivity index (χ1v) is 19.0. The van der Waals surface area contributed by atoms with Gasteiger partial charge in [0.2, 0.25) is 0 Å². The summed E-state index contributed by atoms with van der Waals surface area (Å²) in [4.78, 5) is 42.9. The third-order valence-electron chi connectivity index (χ3n) is 8.92. The van der Waals surface area contributed by atoms with Crippen LogP contribution in [0, 0.1) is 0 Å². The van der Waals surface area contributed by atoms with E-state index in [1.54, 1.807) is 61.8 Å². The minimum atomic E-state index is -0.468. The predicted octanol–water partition coefficient (Wildman–Crippen LogP) is 7.30. The maximum absolute atomic E-state index is 12.7. The van der Waals surface area contributed by atoms with Gasteiger partial charge in [0.25, 0.3) is 0 Å². The van der Waals surface area contributed by atoms with Crippen LogP contribution in [0.1, 0.15) is 65.7 Å². The number of carbonyl (C=O) groups is 3. The number of ether oxygens (including phenoxy) is 3. The van der Waals surface area contributed by atoms with Gasteiger partial charge in [0.1, 0.15) is 5.75 Å². The fourth-order valence-corrected chi connectivity index (χ4v) is 6.37. The van der Waals surface area contributed by atoms with E-state index in [0.717, 1.165) is 43.1 Å². The number of methoxy groups -OCH3 is 1. The minimum Gasteiger partial charge on any atom is -0.497 e. The molecule has 2 heterocycles. The van der Waals surface area contributed by atoms with E-state index < -0.39 is 11.1 Å². The van der Waals surface area contributed by atoms with Crippen molar-refractivity contribution in [2.75, 3.05) is 72.2 Å². The second kappa shape index (κ2) is 19.4. The first kappa shape index (κ1) is 40.4. The normalized spacial score (nSPS) is 15.6. The zero-order chi connectivity index (χ0) is 36.0. The zero-order valence-corrected chi connectivity index (χ0v) is 31.9. The maximum Gasteiger partial charge on any atom is 0.182 e. The summed E-state index contributed by atoms with van der Waals surface area (Å²) in [6.45, 7) is 15.7. The maximum atomic E-state index is 12.7. The van der Waals surface area contributed by atoms with Crippen molar-refractivity contribution in [2.45, 2.75) is 55.5 Å². The number of rotatable bonds is 10. The summed E-state index contributed by atoms with van der Waals surface area (Å²) < 4.78 is 15.6. The van der Waals surface area contributed by atoms with Crippen molar-refractivity contribution in [3.63, 3.8) is 0 Å². The van der Waals surface area contributed by atoms with Gasteiger partial charge in [-0.25, -0.2) is 0 Å². The summed E-state index contributed by atoms with van der Waals surface area (Å²) in [6, 6.07) is 22.8. The van der Waals surface area contributed by atoms with Crippen molar-refractivity contribution in [3.05, 3.63) is 89.5 Å². The van der Waals surface area contributed by atoms with Crippen LogP contribution >= 0.6 is 23.5 Å². The van der Waals surface area contributed by atoms with Gasteiger partial charge >= 0.3 is 0 Å². The van der Waals surface area contributed by atoms with E-state index in [2.05, 4.69) is 9.80 Å². The Morgan fingerprint density at radius 2 is 0.918 bits per heavy atom. The number of morpholine rings is 2. The average Bonchev–Trinajstić information content (AvgIpc) is 3.15. The molecule has 2 aliphatic heterocycles. The monoisotopic (exact) mass is 708 g/mol. The molecule has 2 aliphatic rings. The van der Waals surface area contributed by atoms with E-state index in [4.69, 9.17) is 14.2 Å². The highest BCUT2D eigenvalue weighted by Gasteiger charge is 2.37. The zero-order valence-electron chi connectivity index (χ0n) is 30.2. The fraction of sp³-hybridized carbons (Fsp3) is 0.462. The molecule has 0 radical (unpaired) electrons. The molecule has 2 saturated heterocycles. The highest BCUT2D eigenvalue weighted by molar-refractivity contribution is 7.98. The molecule has 0 unspecified atom stereocenters. The molecule has 0 bridgehead atoms. The van der Waals surface area contributed by atoms with Crippen LogP contribution in [0.2, 0.25) is 0 Å². The van der Waals surface area contributed by atoms with Gasteiger partial charge < -0.3 is 14.2 Å². The SMILES string of the molecule is COc1ccc(C(C)=O)cc1.CSc1ccc(C(=O)C(C)(C)N2CCOCC2)cc1.CSc1ccc(C(=O)C(C)(C)N2CCOCC2)cc1. The molecule has 0 spiro atoms. The first-order valence-electron chi connectivity index (χ1n) is 16.5. The molecule has 8 nitrogen and oxygen atoms in total. The van der Waals surface area contributed by atoms with Crippen LogP contribution in [-0.4, -0.2) is 110 Å². The van der Waals surface area contributed by atoms with E-state index in [9.17, 15) is 14.4 Å².